The molecule has 2 aromatic rings. The molecular weight excluding hydrogens is 419 g/mol. The summed E-state index contributed by atoms with van der Waals surface area (Å²) in [6.45, 7) is 4.31. The first-order valence-electron chi connectivity index (χ1n) is 10.3. The Kier molecular flexibility index (Phi) is 6.54. The van der Waals surface area contributed by atoms with Gasteiger partial charge in [-0.25, -0.2) is 14.4 Å². The Morgan fingerprint density at radius 2 is 2.29 bits per heavy atom. The standard InChI is InChI=1S/C22H25FN4O3S/c1-12(10-25-20(24-2)11-30-18-5-3-4-17(18)28)13-6-7-16-19(8-13)31-22(26-16)27-21(29)14-9-15(14)23/h6-8,10,14-15,17-18,28H,1,3-5,9,11H2,2H3,(H,26,27,29)/t14-,15+,17+,18+/m1/s1. The molecule has 164 valence electrons. The van der Waals surface area contributed by atoms with Crippen LogP contribution in [0.15, 0.2) is 34.8 Å². The van der Waals surface area contributed by atoms with Gasteiger partial charge in [0, 0.05) is 13.3 Å². The lowest BCUT2D eigenvalue weighted by molar-refractivity contribution is -0.117. The average Bonchev–Trinajstić information content (AvgIpc) is 3.15. The molecule has 2 aliphatic rings. The average molecular weight is 445 g/mol. The minimum Gasteiger partial charge on any atom is -0.390 e. The quantitative estimate of drug-likeness (QED) is 0.503. The summed E-state index contributed by atoms with van der Waals surface area (Å²) in [5.74, 6) is -0.341. The van der Waals surface area contributed by atoms with Crippen LogP contribution in [0.2, 0.25) is 0 Å². The molecule has 9 heteroatoms. The first kappa shape index (κ1) is 21.7. The summed E-state index contributed by atoms with van der Waals surface area (Å²) in [6, 6.07) is 5.67. The number of nitrogens with zero attached hydrogens (tertiary/aromatic N) is 3. The van der Waals surface area contributed by atoms with Crippen LogP contribution in [0.1, 0.15) is 31.2 Å². The zero-order valence-electron chi connectivity index (χ0n) is 17.3. The molecule has 2 fully saturated rings. The topological polar surface area (TPSA) is 96.2 Å². The van der Waals surface area contributed by atoms with Gasteiger partial charge in [-0.15, -0.1) is 0 Å². The van der Waals surface area contributed by atoms with Crippen LogP contribution in [0, 0.1) is 5.92 Å². The lowest BCUT2D eigenvalue weighted by Gasteiger charge is -2.14. The van der Waals surface area contributed by atoms with Gasteiger partial charge in [-0.2, -0.15) is 0 Å². The van der Waals surface area contributed by atoms with E-state index in [4.69, 9.17) is 4.74 Å². The van der Waals surface area contributed by atoms with Gasteiger partial charge in [-0.3, -0.25) is 9.79 Å². The van der Waals surface area contributed by atoms with Crippen molar-refractivity contribution in [1.29, 1.82) is 0 Å². The maximum Gasteiger partial charge on any atom is 0.232 e. The van der Waals surface area contributed by atoms with E-state index >= 15 is 0 Å². The molecule has 1 aromatic heterocycles. The van der Waals surface area contributed by atoms with Crippen LogP contribution >= 0.6 is 11.3 Å². The van der Waals surface area contributed by atoms with E-state index in [-0.39, 0.29) is 25.0 Å². The number of ether oxygens (including phenoxy) is 1. The molecule has 0 unspecified atom stereocenters. The fourth-order valence-corrected chi connectivity index (χ4v) is 4.39. The third-order valence-corrected chi connectivity index (χ3v) is 6.44. The van der Waals surface area contributed by atoms with Crippen molar-refractivity contribution < 1.29 is 19.0 Å². The predicted octanol–water partition coefficient (Wildman–Crippen LogP) is 3.64. The summed E-state index contributed by atoms with van der Waals surface area (Å²) in [6.07, 6.45) is 2.90. The molecule has 4 atom stereocenters. The summed E-state index contributed by atoms with van der Waals surface area (Å²) in [4.78, 5) is 24.8. The number of aliphatic imine (C=N–C) groups is 2. The third-order valence-electron chi connectivity index (χ3n) is 5.51. The maximum atomic E-state index is 13.0. The molecule has 31 heavy (non-hydrogen) atoms. The normalized spacial score (nSPS) is 26.0. The Morgan fingerprint density at radius 3 is 2.97 bits per heavy atom. The molecular formula is C22H25FN4O3S. The zero-order chi connectivity index (χ0) is 22.0. The minimum absolute atomic E-state index is 0.158. The van der Waals surface area contributed by atoms with E-state index in [1.165, 1.54) is 11.3 Å². The number of halogens is 1. The molecule has 0 bridgehead atoms. The monoisotopic (exact) mass is 444 g/mol. The number of thiazole rings is 1. The number of hydrogen-bond acceptors (Lipinski definition) is 6. The highest BCUT2D eigenvalue weighted by molar-refractivity contribution is 7.22. The number of allylic oxidation sites excluding steroid dienone is 1. The largest absolute Gasteiger partial charge is 0.390 e. The van der Waals surface area contributed by atoms with Crippen molar-refractivity contribution in [2.45, 2.75) is 44.1 Å². The summed E-state index contributed by atoms with van der Waals surface area (Å²) >= 11 is 1.34. The molecule has 1 aromatic carbocycles. The van der Waals surface area contributed by atoms with Crippen LogP contribution in [0.4, 0.5) is 9.52 Å². The van der Waals surface area contributed by atoms with Crippen LogP contribution in [0.25, 0.3) is 15.8 Å². The highest BCUT2D eigenvalue weighted by atomic mass is 32.1. The van der Waals surface area contributed by atoms with Crippen LogP contribution < -0.4 is 5.32 Å². The summed E-state index contributed by atoms with van der Waals surface area (Å²) in [5, 5.41) is 13.0. The van der Waals surface area contributed by atoms with Gasteiger partial charge >= 0.3 is 0 Å². The van der Waals surface area contributed by atoms with E-state index in [1.54, 1.807) is 13.3 Å². The Labute approximate surface area is 183 Å². The number of carbonyl (C=O) groups excluding carboxylic acids is 1. The molecule has 0 aliphatic heterocycles. The Morgan fingerprint density at radius 1 is 1.48 bits per heavy atom. The molecule has 4 rings (SSSR count). The minimum atomic E-state index is -1.03. The van der Waals surface area contributed by atoms with Gasteiger partial charge in [0.25, 0.3) is 0 Å². The first-order valence-corrected chi connectivity index (χ1v) is 11.1. The highest BCUT2D eigenvalue weighted by Crippen LogP contribution is 2.36. The predicted molar refractivity (Wildman–Crippen MR) is 122 cm³/mol. The lowest BCUT2D eigenvalue weighted by Crippen LogP contribution is -2.25. The van der Waals surface area contributed by atoms with E-state index in [0.29, 0.717) is 16.5 Å². The van der Waals surface area contributed by atoms with E-state index in [9.17, 15) is 14.3 Å². The van der Waals surface area contributed by atoms with Crippen LogP contribution in [-0.4, -0.2) is 60.1 Å². The van der Waals surface area contributed by atoms with E-state index < -0.39 is 18.2 Å². The second kappa shape index (κ2) is 9.33. The molecule has 1 heterocycles. The van der Waals surface area contributed by atoms with E-state index in [1.807, 2.05) is 18.2 Å². The second-order valence-electron chi connectivity index (χ2n) is 7.82. The van der Waals surface area contributed by atoms with Gasteiger partial charge < -0.3 is 15.2 Å². The van der Waals surface area contributed by atoms with Crippen molar-refractivity contribution in [2.24, 2.45) is 15.9 Å². The van der Waals surface area contributed by atoms with E-state index in [0.717, 1.165) is 35.0 Å². The van der Waals surface area contributed by atoms with Crippen molar-refractivity contribution in [3.8, 4) is 0 Å². The van der Waals surface area contributed by atoms with Gasteiger partial charge in [-0.1, -0.05) is 24.0 Å². The van der Waals surface area contributed by atoms with Gasteiger partial charge in [0.1, 0.15) is 18.6 Å². The zero-order valence-corrected chi connectivity index (χ0v) is 18.1. The number of carbonyl (C=O) groups is 1. The smallest absolute Gasteiger partial charge is 0.232 e. The van der Waals surface area contributed by atoms with Crippen molar-refractivity contribution in [3.63, 3.8) is 0 Å². The SMILES string of the molecule is C=C(C=NC(CO[C@H]1CCC[C@@H]1O)=NC)c1ccc2nc(NC(=O)[C@@H]3C[C@@H]3F)sc2c1. The molecule has 0 spiro atoms. The number of anilines is 1. The summed E-state index contributed by atoms with van der Waals surface area (Å²) < 4.78 is 19.7. The van der Waals surface area contributed by atoms with Crippen molar-refractivity contribution in [2.75, 3.05) is 19.0 Å². The molecule has 2 aliphatic carbocycles. The van der Waals surface area contributed by atoms with Crippen LogP contribution in [-0.2, 0) is 9.53 Å². The van der Waals surface area contributed by atoms with Gasteiger partial charge in [0.05, 0.1) is 28.3 Å². The van der Waals surface area contributed by atoms with E-state index in [2.05, 4.69) is 26.9 Å². The van der Waals surface area contributed by atoms with Crippen molar-refractivity contribution in [3.05, 3.63) is 30.3 Å². The van der Waals surface area contributed by atoms with Gasteiger partial charge in [0.2, 0.25) is 5.91 Å². The van der Waals surface area contributed by atoms with Gasteiger partial charge in [0.15, 0.2) is 5.13 Å². The number of benzene rings is 1. The number of alkyl halides is 1. The number of rotatable bonds is 7. The molecule has 7 nitrogen and oxygen atoms in total. The number of aromatic nitrogens is 1. The number of amidine groups is 1. The lowest BCUT2D eigenvalue weighted by atomic mass is 10.1. The molecule has 0 saturated heterocycles. The Hall–Kier alpha value is -2.49. The van der Waals surface area contributed by atoms with Gasteiger partial charge in [-0.05, 0) is 49.0 Å². The molecule has 2 saturated carbocycles. The second-order valence-corrected chi connectivity index (χ2v) is 8.85. The molecule has 1 amide bonds. The number of amides is 1. The highest BCUT2D eigenvalue weighted by Gasteiger charge is 2.43. The number of hydrogen-bond donors (Lipinski definition) is 2. The summed E-state index contributed by atoms with van der Waals surface area (Å²) in [7, 11) is 1.65. The summed E-state index contributed by atoms with van der Waals surface area (Å²) in [5.41, 5.74) is 2.31. The third kappa shape index (κ3) is 5.23. The fourth-order valence-electron chi connectivity index (χ4n) is 3.48. The van der Waals surface area contributed by atoms with Crippen LogP contribution in [0.5, 0.6) is 0 Å². The van der Waals surface area contributed by atoms with Crippen molar-refractivity contribution >= 4 is 50.2 Å². The fraction of sp³-hybridized carbons (Fsp3) is 0.455. The van der Waals surface area contributed by atoms with Crippen LogP contribution in [0.3, 0.4) is 0 Å². The number of nitrogens with one attached hydrogen (secondary N) is 1. The Bertz CT molecular complexity index is 1050. The Balaban J connectivity index is 1.37. The maximum absolute atomic E-state index is 13.0. The van der Waals surface area contributed by atoms with Crippen molar-refractivity contribution in [1.82, 2.24) is 4.98 Å². The molecule has 0 radical (unpaired) electrons. The first-order chi connectivity index (χ1) is 14.9. The number of aliphatic hydroxyl groups is 1. The molecule has 2 N–H and O–H groups in total. The number of aliphatic hydroxyl groups excluding tert-OH is 1. The number of fused-ring (bicyclic) bond motifs is 1.